The van der Waals surface area contributed by atoms with Crippen molar-refractivity contribution in [3.8, 4) is 0 Å². The molecule has 1 heterocycles. The Morgan fingerprint density at radius 3 is 2.32 bits per heavy atom. The Bertz CT molecular complexity index is 491. The molecule has 1 aliphatic carbocycles. The molecule has 0 aromatic heterocycles. The van der Waals surface area contributed by atoms with Crippen molar-refractivity contribution in [3.05, 3.63) is 0 Å². The van der Waals surface area contributed by atoms with Gasteiger partial charge in [-0.25, -0.2) is 0 Å². The van der Waals surface area contributed by atoms with E-state index in [0.717, 1.165) is 38.3 Å². The van der Waals surface area contributed by atoms with Crippen molar-refractivity contribution in [2.45, 2.75) is 57.7 Å². The molecule has 1 aliphatic heterocycles. The Morgan fingerprint density at radius 1 is 1.28 bits per heavy atom. The highest BCUT2D eigenvalue weighted by Crippen LogP contribution is 2.51. The summed E-state index contributed by atoms with van der Waals surface area (Å²) < 4.78 is 5.68. The van der Waals surface area contributed by atoms with Gasteiger partial charge in [-0.05, 0) is 26.2 Å². The maximum Gasteiger partial charge on any atom is 0.231 e. The van der Waals surface area contributed by atoms with Gasteiger partial charge in [0, 0.05) is 44.7 Å². The maximum absolute atomic E-state index is 11.0. The molecular formula is C17H34IN5O2. The number of nitrogens with zero attached hydrogens (tertiary/aromatic N) is 2. The van der Waals surface area contributed by atoms with Gasteiger partial charge >= 0.3 is 0 Å². The van der Waals surface area contributed by atoms with E-state index in [1.54, 1.807) is 14.2 Å². The molecule has 8 heteroatoms. The molecule has 7 nitrogen and oxygen atoms in total. The molecule has 0 bridgehead atoms. The highest BCUT2D eigenvalue weighted by Gasteiger charge is 2.58. The van der Waals surface area contributed by atoms with E-state index in [2.05, 4.69) is 41.3 Å². The first kappa shape index (κ1) is 22.4. The fourth-order valence-corrected chi connectivity index (χ4v) is 3.71. The minimum absolute atomic E-state index is 0. The lowest BCUT2D eigenvalue weighted by molar-refractivity contribution is -0.176. The standard InChI is InChI=1S/C17H33N5O2.HI/c1-16(2)13(10-17(16,3)24-5)21-15(19-4)20-12-6-8-22(9-7-12)11-14(18)23;/h12-13H,6-11H2,1-5H3,(H2,18,23)(H2,19,20,21);1H. The summed E-state index contributed by atoms with van der Waals surface area (Å²) in [6.45, 7) is 8.74. The van der Waals surface area contributed by atoms with E-state index in [4.69, 9.17) is 10.5 Å². The summed E-state index contributed by atoms with van der Waals surface area (Å²) in [4.78, 5) is 17.5. The summed E-state index contributed by atoms with van der Waals surface area (Å²) in [5.41, 5.74) is 5.21. The largest absolute Gasteiger partial charge is 0.378 e. The number of guanidine groups is 1. The summed E-state index contributed by atoms with van der Waals surface area (Å²) >= 11 is 0. The van der Waals surface area contributed by atoms with Crippen LogP contribution in [0.15, 0.2) is 4.99 Å². The molecule has 0 aromatic carbocycles. The number of rotatable bonds is 5. The van der Waals surface area contributed by atoms with Crippen LogP contribution in [0.5, 0.6) is 0 Å². The smallest absolute Gasteiger partial charge is 0.231 e. The van der Waals surface area contributed by atoms with Crippen molar-refractivity contribution >= 4 is 35.8 Å². The minimum Gasteiger partial charge on any atom is -0.378 e. The number of primary amides is 1. The number of nitrogens with two attached hydrogens (primary N) is 1. The van der Waals surface area contributed by atoms with Gasteiger partial charge in [-0.15, -0.1) is 24.0 Å². The lowest BCUT2D eigenvalue weighted by atomic mass is 9.56. The Balaban J connectivity index is 0.00000312. The summed E-state index contributed by atoms with van der Waals surface area (Å²) in [7, 11) is 3.59. The Kier molecular flexibility index (Phi) is 7.94. The quantitative estimate of drug-likeness (QED) is 0.318. The average Bonchev–Trinajstić information content (AvgIpc) is 2.54. The summed E-state index contributed by atoms with van der Waals surface area (Å²) in [5.74, 6) is 0.590. The van der Waals surface area contributed by atoms with Gasteiger partial charge in [-0.2, -0.15) is 0 Å². The second-order valence-corrected chi connectivity index (χ2v) is 7.79. The zero-order chi connectivity index (χ0) is 18.0. The van der Waals surface area contributed by atoms with Crippen LogP contribution in [0, 0.1) is 5.41 Å². The number of amides is 1. The summed E-state index contributed by atoms with van der Waals surface area (Å²) in [6.07, 6.45) is 2.93. The number of carbonyl (C=O) groups is 1. The molecule has 0 radical (unpaired) electrons. The lowest BCUT2D eigenvalue weighted by Gasteiger charge is -2.59. The van der Waals surface area contributed by atoms with Crippen LogP contribution < -0.4 is 16.4 Å². The molecule has 1 saturated carbocycles. The molecule has 146 valence electrons. The van der Waals surface area contributed by atoms with Crippen molar-refractivity contribution in [2.24, 2.45) is 16.1 Å². The Hall–Kier alpha value is -0.610. The SMILES string of the molecule is CN=C(NC1CCN(CC(N)=O)CC1)NC1CC(C)(OC)C1(C)C.I. The van der Waals surface area contributed by atoms with Crippen LogP contribution in [0.4, 0.5) is 0 Å². The molecule has 1 amide bonds. The number of carbonyl (C=O) groups excluding carboxylic acids is 1. The van der Waals surface area contributed by atoms with Gasteiger partial charge in [0.15, 0.2) is 5.96 Å². The van der Waals surface area contributed by atoms with Crippen molar-refractivity contribution < 1.29 is 9.53 Å². The fraction of sp³-hybridized carbons (Fsp3) is 0.882. The summed E-state index contributed by atoms with van der Waals surface area (Å²) in [6, 6.07) is 0.709. The number of hydrogen-bond acceptors (Lipinski definition) is 4. The molecule has 1 saturated heterocycles. The minimum atomic E-state index is -0.257. The third-order valence-corrected chi connectivity index (χ3v) is 6.12. The maximum atomic E-state index is 11.0. The second-order valence-electron chi connectivity index (χ2n) is 7.79. The molecule has 2 aliphatic rings. The van der Waals surface area contributed by atoms with E-state index in [1.165, 1.54) is 0 Å². The molecule has 25 heavy (non-hydrogen) atoms. The predicted octanol–water partition coefficient (Wildman–Crippen LogP) is 0.923. The molecular weight excluding hydrogens is 433 g/mol. The van der Waals surface area contributed by atoms with Crippen LogP contribution in [0.1, 0.15) is 40.0 Å². The molecule has 4 N–H and O–H groups in total. The van der Waals surface area contributed by atoms with Crippen LogP contribution in [-0.2, 0) is 9.53 Å². The van der Waals surface area contributed by atoms with Crippen LogP contribution in [0.2, 0.25) is 0 Å². The molecule has 0 spiro atoms. The van der Waals surface area contributed by atoms with Crippen molar-refractivity contribution in [1.29, 1.82) is 0 Å². The number of methoxy groups -OCH3 is 1. The first-order chi connectivity index (χ1) is 11.2. The van der Waals surface area contributed by atoms with E-state index in [0.29, 0.717) is 18.6 Å². The van der Waals surface area contributed by atoms with Gasteiger partial charge in [0.25, 0.3) is 0 Å². The van der Waals surface area contributed by atoms with E-state index in [9.17, 15) is 4.79 Å². The Labute approximate surface area is 168 Å². The highest BCUT2D eigenvalue weighted by molar-refractivity contribution is 14.0. The topological polar surface area (TPSA) is 92.0 Å². The van der Waals surface area contributed by atoms with Gasteiger partial charge in [0.05, 0.1) is 12.1 Å². The molecule has 0 aromatic rings. The second kappa shape index (κ2) is 8.85. The van der Waals surface area contributed by atoms with Gasteiger partial charge in [0.2, 0.25) is 5.91 Å². The highest BCUT2D eigenvalue weighted by atomic mass is 127. The number of likely N-dealkylation sites (tertiary alicyclic amines) is 1. The van der Waals surface area contributed by atoms with Crippen LogP contribution in [0.3, 0.4) is 0 Å². The molecule has 2 fully saturated rings. The van der Waals surface area contributed by atoms with E-state index in [1.807, 2.05) is 0 Å². The first-order valence-corrected chi connectivity index (χ1v) is 8.77. The van der Waals surface area contributed by atoms with E-state index in [-0.39, 0.29) is 40.9 Å². The van der Waals surface area contributed by atoms with Crippen LogP contribution in [0.25, 0.3) is 0 Å². The lowest BCUT2D eigenvalue weighted by Crippen LogP contribution is -2.69. The van der Waals surface area contributed by atoms with Crippen molar-refractivity contribution in [2.75, 3.05) is 33.8 Å². The third kappa shape index (κ3) is 4.97. The fourth-order valence-electron chi connectivity index (χ4n) is 3.71. The normalized spacial score (nSPS) is 30.1. The Morgan fingerprint density at radius 2 is 1.88 bits per heavy atom. The number of nitrogens with one attached hydrogen (secondary N) is 2. The van der Waals surface area contributed by atoms with Crippen LogP contribution >= 0.6 is 24.0 Å². The molecule has 2 atom stereocenters. The number of piperidine rings is 1. The van der Waals surface area contributed by atoms with E-state index >= 15 is 0 Å². The molecule has 2 unspecified atom stereocenters. The van der Waals surface area contributed by atoms with Crippen molar-refractivity contribution in [3.63, 3.8) is 0 Å². The molecule has 2 rings (SSSR count). The van der Waals surface area contributed by atoms with Gasteiger partial charge in [0.1, 0.15) is 0 Å². The van der Waals surface area contributed by atoms with Crippen LogP contribution in [-0.4, -0.2) is 68.2 Å². The average molecular weight is 467 g/mol. The number of aliphatic imine (C=N–C) groups is 1. The third-order valence-electron chi connectivity index (χ3n) is 6.12. The van der Waals surface area contributed by atoms with Gasteiger partial charge in [-0.3, -0.25) is 14.7 Å². The van der Waals surface area contributed by atoms with Gasteiger partial charge < -0.3 is 21.1 Å². The monoisotopic (exact) mass is 467 g/mol. The number of hydrogen-bond donors (Lipinski definition) is 3. The van der Waals surface area contributed by atoms with Crippen molar-refractivity contribution in [1.82, 2.24) is 15.5 Å². The zero-order valence-corrected chi connectivity index (χ0v) is 18.4. The first-order valence-electron chi connectivity index (χ1n) is 8.77. The van der Waals surface area contributed by atoms with Gasteiger partial charge in [-0.1, -0.05) is 13.8 Å². The number of halogens is 1. The summed E-state index contributed by atoms with van der Waals surface area (Å²) in [5, 5.41) is 7.06. The number of ether oxygens (including phenoxy) is 1. The predicted molar refractivity (Wildman–Crippen MR) is 111 cm³/mol. The van der Waals surface area contributed by atoms with E-state index < -0.39 is 0 Å². The zero-order valence-electron chi connectivity index (χ0n) is 16.1.